The molecule has 3 heteroatoms. The molecule has 1 rings (SSSR count). The Labute approximate surface area is 110 Å². The van der Waals surface area contributed by atoms with Gasteiger partial charge < -0.3 is 10.1 Å². The minimum Gasteiger partial charge on any atom is -0.483 e. The first-order chi connectivity index (χ1) is 8.58. The molecule has 0 fully saturated rings. The first kappa shape index (κ1) is 14.6. The van der Waals surface area contributed by atoms with Gasteiger partial charge in [0.2, 0.25) is 0 Å². The third kappa shape index (κ3) is 4.06. The van der Waals surface area contributed by atoms with Crippen molar-refractivity contribution in [1.29, 1.82) is 0 Å². The molecule has 0 radical (unpaired) electrons. The summed E-state index contributed by atoms with van der Waals surface area (Å²) in [5.41, 5.74) is 2.26. The van der Waals surface area contributed by atoms with Gasteiger partial charge in [-0.05, 0) is 43.9 Å². The van der Waals surface area contributed by atoms with Gasteiger partial charge in [-0.15, -0.1) is 0 Å². The maximum Gasteiger partial charge on any atom is 0.258 e. The standard InChI is InChI=1S/C15H23NO2/c1-5-13(6-2)16-15(17)10-18-14-9-7-8-11(3)12(14)4/h7-9,13H,5-6,10H2,1-4H3,(H,16,17). The summed E-state index contributed by atoms with van der Waals surface area (Å²) in [6, 6.07) is 6.12. The monoisotopic (exact) mass is 249 g/mol. The van der Waals surface area contributed by atoms with Crippen LogP contribution in [0.25, 0.3) is 0 Å². The van der Waals surface area contributed by atoms with Crippen molar-refractivity contribution in [2.75, 3.05) is 6.61 Å². The third-order valence-corrected chi connectivity index (χ3v) is 3.26. The van der Waals surface area contributed by atoms with Crippen LogP contribution in [0, 0.1) is 13.8 Å². The van der Waals surface area contributed by atoms with Crippen LogP contribution in [0.1, 0.15) is 37.8 Å². The zero-order chi connectivity index (χ0) is 13.5. The second-order valence-electron chi connectivity index (χ2n) is 4.57. The van der Waals surface area contributed by atoms with Crippen LogP contribution in [0.5, 0.6) is 5.75 Å². The highest BCUT2D eigenvalue weighted by atomic mass is 16.5. The summed E-state index contributed by atoms with van der Waals surface area (Å²) in [6.45, 7) is 8.26. The highest BCUT2D eigenvalue weighted by Crippen LogP contribution is 2.20. The van der Waals surface area contributed by atoms with E-state index in [2.05, 4.69) is 19.2 Å². The van der Waals surface area contributed by atoms with Gasteiger partial charge >= 0.3 is 0 Å². The Bertz CT molecular complexity index is 397. The van der Waals surface area contributed by atoms with Gasteiger partial charge in [-0.3, -0.25) is 4.79 Å². The molecule has 1 N–H and O–H groups in total. The lowest BCUT2D eigenvalue weighted by Crippen LogP contribution is -2.37. The second kappa shape index (κ2) is 7.04. The van der Waals surface area contributed by atoms with E-state index in [1.165, 1.54) is 5.56 Å². The van der Waals surface area contributed by atoms with Gasteiger partial charge in [0.25, 0.3) is 5.91 Å². The predicted molar refractivity (Wildman–Crippen MR) is 73.9 cm³/mol. The van der Waals surface area contributed by atoms with Crippen LogP contribution >= 0.6 is 0 Å². The van der Waals surface area contributed by atoms with Crippen LogP contribution < -0.4 is 10.1 Å². The van der Waals surface area contributed by atoms with Crippen LogP contribution in [0.4, 0.5) is 0 Å². The number of carbonyl (C=O) groups is 1. The zero-order valence-corrected chi connectivity index (χ0v) is 11.7. The lowest BCUT2D eigenvalue weighted by atomic mass is 10.1. The fraction of sp³-hybridized carbons (Fsp3) is 0.533. The van der Waals surface area contributed by atoms with Crippen LogP contribution in [-0.2, 0) is 4.79 Å². The summed E-state index contributed by atoms with van der Waals surface area (Å²) < 4.78 is 5.56. The maximum atomic E-state index is 11.7. The van der Waals surface area contributed by atoms with Gasteiger partial charge in [0.1, 0.15) is 5.75 Å². The lowest BCUT2D eigenvalue weighted by molar-refractivity contribution is -0.123. The van der Waals surface area contributed by atoms with Crippen molar-refractivity contribution in [1.82, 2.24) is 5.32 Å². The SMILES string of the molecule is CCC(CC)NC(=O)COc1cccc(C)c1C. The summed E-state index contributed by atoms with van der Waals surface area (Å²) in [6.07, 6.45) is 1.90. The number of aryl methyl sites for hydroxylation is 1. The molecular weight excluding hydrogens is 226 g/mol. The Morgan fingerprint density at radius 1 is 1.28 bits per heavy atom. The Kier molecular flexibility index (Phi) is 5.69. The number of ether oxygens (including phenoxy) is 1. The number of amides is 1. The molecule has 3 nitrogen and oxygen atoms in total. The molecule has 0 saturated heterocycles. The molecule has 0 aliphatic carbocycles. The van der Waals surface area contributed by atoms with Crippen LogP contribution in [-0.4, -0.2) is 18.6 Å². The van der Waals surface area contributed by atoms with E-state index in [1.54, 1.807) is 0 Å². The Morgan fingerprint density at radius 2 is 1.94 bits per heavy atom. The average Bonchev–Trinajstić information content (AvgIpc) is 2.37. The van der Waals surface area contributed by atoms with Crippen molar-refractivity contribution < 1.29 is 9.53 Å². The molecular formula is C15H23NO2. The summed E-state index contributed by atoms with van der Waals surface area (Å²) in [5, 5.41) is 2.96. The van der Waals surface area contributed by atoms with Gasteiger partial charge in [0.15, 0.2) is 6.61 Å². The molecule has 0 saturated carbocycles. The van der Waals surface area contributed by atoms with Crippen LogP contribution in [0.2, 0.25) is 0 Å². The maximum absolute atomic E-state index is 11.7. The molecule has 1 amide bonds. The minimum absolute atomic E-state index is 0.0513. The third-order valence-electron chi connectivity index (χ3n) is 3.26. The van der Waals surface area contributed by atoms with E-state index in [4.69, 9.17) is 4.74 Å². The Hall–Kier alpha value is -1.51. The quantitative estimate of drug-likeness (QED) is 0.841. The number of rotatable bonds is 6. The highest BCUT2D eigenvalue weighted by molar-refractivity contribution is 5.77. The summed E-state index contributed by atoms with van der Waals surface area (Å²) >= 11 is 0. The number of nitrogens with one attached hydrogen (secondary N) is 1. The van der Waals surface area contributed by atoms with Gasteiger partial charge in [0, 0.05) is 6.04 Å². The van der Waals surface area contributed by atoms with Crippen LogP contribution in [0.15, 0.2) is 18.2 Å². The molecule has 0 heterocycles. The van der Waals surface area contributed by atoms with Crippen LogP contribution in [0.3, 0.4) is 0 Å². The Balaban J connectivity index is 2.50. The van der Waals surface area contributed by atoms with Gasteiger partial charge in [0.05, 0.1) is 0 Å². The van der Waals surface area contributed by atoms with E-state index in [-0.39, 0.29) is 18.6 Å². The van der Waals surface area contributed by atoms with Crippen molar-refractivity contribution in [2.45, 2.75) is 46.6 Å². The van der Waals surface area contributed by atoms with Crippen molar-refractivity contribution in [3.63, 3.8) is 0 Å². The van der Waals surface area contributed by atoms with Gasteiger partial charge in [-0.25, -0.2) is 0 Å². The normalized spacial score (nSPS) is 10.5. The Morgan fingerprint density at radius 3 is 2.56 bits per heavy atom. The molecule has 0 aliphatic rings. The smallest absolute Gasteiger partial charge is 0.258 e. The van der Waals surface area contributed by atoms with Gasteiger partial charge in [-0.2, -0.15) is 0 Å². The van der Waals surface area contributed by atoms with E-state index in [0.29, 0.717) is 0 Å². The fourth-order valence-electron chi connectivity index (χ4n) is 1.79. The van der Waals surface area contributed by atoms with E-state index in [0.717, 1.165) is 24.2 Å². The number of carbonyl (C=O) groups excluding carboxylic acids is 1. The molecule has 0 bridgehead atoms. The highest BCUT2D eigenvalue weighted by Gasteiger charge is 2.09. The fourth-order valence-corrected chi connectivity index (χ4v) is 1.79. The zero-order valence-electron chi connectivity index (χ0n) is 11.7. The molecule has 0 spiro atoms. The van der Waals surface area contributed by atoms with Crippen molar-refractivity contribution in [3.8, 4) is 5.75 Å². The largest absolute Gasteiger partial charge is 0.483 e. The second-order valence-corrected chi connectivity index (χ2v) is 4.57. The molecule has 100 valence electrons. The number of hydrogen-bond acceptors (Lipinski definition) is 2. The van der Waals surface area contributed by atoms with E-state index in [9.17, 15) is 4.79 Å². The van der Waals surface area contributed by atoms with Gasteiger partial charge in [-0.1, -0.05) is 26.0 Å². The molecule has 18 heavy (non-hydrogen) atoms. The predicted octanol–water partition coefficient (Wildman–Crippen LogP) is 2.99. The summed E-state index contributed by atoms with van der Waals surface area (Å²) in [7, 11) is 0. The molecule has 0 atom stereocenters. The molecule has 1 aromatic carbocycles. The average molecular weight is 249 g/mol. The van der Waals surface area contributed by atoms with E-state index < -0.39 is 0 Å². The van der Waals surface area contributed by atoms with E-state index in [1.807, 2.05) is 32.0 Å². The molecule has 1 aromatic rings. The molecule has 0 unspecified atom stereocenters. The summed E-state index contributed by atoms with van der Waals surface area (Å²) in [4.78, 5) is 11.7. The molecule has 0 aliphatic heterocycles. The lowest BCUT2D eigenvalue weighted by Gasteiger charge is -2.15. The number of benzene rings is 1. The summed E-state index contributed by atoms with van der Waals surface area (Å²) in [5.74, 6) is 0.735. The molecule has 0 aromatic heterocycles. The topological polar surface area (TPSA) is 38.3 Å². The van der Waals surface area contributed by atoms with Crippen molar-refractivity contribution in [2.24, 2.45) is 0 Å². The van der Waals surface area contributed by atoms with Crippen molar-refractivity contribution >= 4 is 5.91 Å². The van der Waals surface area contributed by atoms with E-state index >= 15 is 0 Å². The first-order valence-corrected chi connectivity index (χ1v) is 6.56. The number of hydrogen-bond donors (Lipinski definition) is 1. The first-order valence-electron chi connectivity index (χ1n) is 6.56. The van der Waals surface area contributed by atoms with Crippen molar-refractivity contribution in [3.05, 3.63) is 29.3 Å². The minimum atomic E-state index is -0.0513.